The van der Waals surface area contributed by atoms with E-state index in [0.717, 1.165) is 18.6 Å². The number of carbonyl (C=O) groups is 2. The Morgan fingerprint density at radius 3 is 2.47 bits per heavy atom. The number of rotatable bonds is 8. The summed E-state index contributed by atoms with van der Waals surface area (Å²) in [6, 6.07) is 8.38. The Morgan fingerprint density at radius 1 is 1.16 bits per heavy atom. The fourth-order valence-corrected chi connectivity index (χ4v) is 2.44. The Kier molecular flexibility index (Phi) is 7.26. The molecule has 1 rings (SSSR count). The van der Waals surface area contributed by atoms with Crippen molar-refractivity contribution < 1.29 is 14.3 Å². The molecule has 0 aliphatic heterocycles. The minimum Gasteiger partial charge on any atom is -0.460 e. The maximum Gasteiger partial charge on any atom is 0.374 e. The molecule has 4 heteroatoms. The molecule has 19 heavy (non-hydrogen) atoms. The van der Waals surface area contributed by atoms with Crippen LogP contribution in [0.25, 0.3) is 0 Å². The van der Waals surface area contributed by atoms with E-state index in [0.29, 0.717) is 0 Å². The van der Waals surface area contributed by atoms with E-state index in [1.54, 1.807) is 18.7 Å². The van der Waals surface area contributed by atoms with Gasteiger partial charge < -0.3 is 4.74 Å². The van der Waals surface area contributed by atoms with Gasteiger partial charge in [-0.25, -0.2) is 4.79 Å². The lowest BCUT2D eigenvalue weighted by atomic mass is 10.2. The summed E-state index contributed by atoms with van der Waals surface area (Å²) >= 11 is 1.77. The molecule has 1 aromatic rings. The van der Waals surface area contributed by atoms with Gasteiger partial charge >= 0.3 is 5.97 Å². The Labute approximate surface area is 118 Å². The molecule has 0 aliphatic carbocycles. The summed E-state index contributed by atoms with van der Waals surface area (Å²) in [5.41, 5.74) is 1.25. The predicted molar refractivity (Wildman–Crippen MR) is 77.4 cm³/mol. The zero-order chi connectivity index (χ0) is 14.1. The number of ether oxygens (including phenoxy) is 1. The highest BCUT2D eigenvalue weighted by Crippen LogP contribution is 2.19. The van der Waals surface area contributed by atoms with Gasteiger partial charge in [0, 0.05) is 11.3 Å². The molecule has 0 unspecified atom stereocenters. The van der Waals surface area contributed by atoms with E-state index < -0.39 is 11.8 Å². The first kappa shape index (κ1) is 15.8. The number of aryl methyl sites for hydroxylation is 1. The van der Waals surface area contributed by atoms with Crippen molar-refractivity contribution in [3.8, 4) is 0 Å². The Bertz CT molecular complexity index is 412. The number of thioether (sulfide) groups is 1. The molecule has 0 saturated heterocycles. The highest BCUT2D eigenvalue weighted by atomic mass is 32.2. The van der Waals surface area contributed by atoms with Crippen molar-refractivity contribution in [2.45, 2.75) is 38.0 Å². The summed E-state index contributed by atoms with van der Waals surface area (Å²) in [7, 11) is 0. The molecule has 0 fully saturated rings. The van der Waals surface area contributed by atoms with Crippen LogP contribution in [-0.4, -0.2) is 24.1 Å². The van der Waals surface area contributed by atoms with Crippen LogP contribution < -0.4 is 0 Å². The minimum atomic E-state index is -0.700. The van der Waals surface area contributed by atoms with Gasteiger partial charge in [-0.3, -0.25) is 4.79 Å². The highest BCUT2D eigenvalue weighted by molar-refractivity contribution is 7.99. The van der Waals surface area contributed by atoms with Crippen molar-refractivity contribution in [2.24, 2.45) is 0 Å². The van der Waals surface area contributed by atoms with Gasteiger partial charge in [-0.15, -0.1) is 11.8 Å². The maximum absolute atomic E-state index is 11.3. The number of Topliss-reactive ketones (excluding diaryl/α,β-unsaturated/α-hetero) is 1. The summed E-state index contributed by atoms with van der Waals surface area (Å²) in [6.07, 6.45) is 1.94. The topological polar surface area (TPSA) is 43.4 Å². The van der Waals surface area contributed by atoms with Crippen LogP contribution in [0, 0.1) is 6.92 Å². The summed E-state index contributed by atoms with van der Waals surface area (Å²) < 4.78 is 4.65. The molecule has 0 radical (unpaired) electrons. The zero-order valence-electron chi connectivity index (χ0n) is 11.5. The monoisotopic (exact) mass is 280 g/mol. The largest absolute Gasteiger partial charge is 0.460 e. The van der Waals surface area contributed by atoms with E-state index in [9.17, 15) is 9.59 Å². The lowest BCUT2D eigenvalue weighted by Gasteiger charge is -2.03. The smallest absolute Gasteiger partial charge is 0.374 e. The van der Waals surface area contributed by atoms with Crippen molar-refractivity contribution in [2.75, 3.05) is 12.4 Å². The molecule has 104 valence electrons. The molecule has 1 aromatic carbocycles. The van der Waals surface area contributed by atoms with E-state index in [1.165, 1.54) is 10.5 Å². The van der Waals surface area contributed by atoms with Crippen molar-refractivity contribution in [3.63, 3.8) is 0 Å². The molecule has 0 heterocycles. The molecule has 0 aromatic heterocycles. The molecule has 3 nitrogen and oxygen atoms in total. The minimum absolute atomic E-state index is 0.258. The molecular formula is C15H20O3S. The third-order valence-corrected chi connectivity index (χ3v) is 3.69. The number of hydrogen-bond acceptors (Lipinski definition) is 4. The second-order valence-corrected chi connectivity index (χ2v) is 5.43. The van der Waals surface area contributed by atoms with Gasteiger partial charge in [-0.05, 0) is 44.6 Å². The second-order valence-electron chi connectivity index (χ2n) is 4.26. The SMILES string of the molecule is CCOC(=O)C(=O)CCCCSc1ccc(C)cc1. The zero-order valence-corrected chi connectivity index (χ0v) is 12.3. The lowest BCUT2D eigenvalue weighted by Crippen LogP contribution is -2.16. The summed E-state index contributed by atoms with van der Waals surface area (Å²) in [4.78, 5) is 23.6. The van der Waals surface area contributed by atoms with Crippen LogP contribution in [0.1, 0.15) is 31.7 Å². The quantitative estimate of drug-likeness (QED) is 0.317. The molecule has 0 N–H and O–H groups in total. The fraction of sp³-hybridized carbons (Fsp3) is 0.467. The summed E-state index contributed by atoms with van der Waals surface area (Å²) in [5, 5.41) is 0. The average Bonchev–Trinajstić information content (AvgIpc) is 2.40. The average molecular weight is 280 g/mol. The fourth-order valence-electron chi connectivity index (χ4n) is 1.53. The van der Waals surface area contributed by atoms with Crippen LogP contribution in [0.15, 0.2) is 29.2 Å². The van der Waals surface area contributed by atoms with Gasteiger partial charge in [0.05, 0.1) is 6.61 Å². The normalized spacial score (nSPS) is 10.2. The first-order chi connectivity index (χ1) is 9.13. The van der Waals surface area contributed by atoms with Crippen LogP contribution in [0.5, 0.6) is 0 Å². The number of benzene rings is 1. The third kappa shape index (κ3) is 6.43. The third-order valence-electron chi connectivity index (χ3n) is 2.59. The van der Waals surface area contributed by atoms with Gasteiger partial charge in [0.1, 0.15) is 0 Å². The van der Waals surface area contributed by atoms with E-state index in [-0.39, 0.29) is 13.0 Å². The Hall–Kier alpha value is -1.29. The van der Waals surface area contributed by atoms with Crippen LogP contribution in [0.4, 0.5) is 0 Å². The molecule has 0 bridgehead atoms. The standard InChI is InChI=1S/C15H20O3S/c1-3-18-15(17)14(16)6-4-5-11-19-13-9-7-12(2)8-10-13/h7-10H,3-6,11H2,1-2H3. The highest BCUT2D eigenvalue weighted by Gasteiger charge is 2.13. The van der Waals surface area contributed by atoms with Crippen LogP contribution in [0.2, 0.25) is 0 Å². The van der Waals surface area contributed by atoms with E-state index in [4.69, 9.17) is 0 Å². The Balaban J connectivity index is 2.13. The molecule has 0 spiro atoms. The predicted octanol–water partition coefficient (Wildman–Crippen LogP) is 3.39. The van der Waals surface area contributed by atoms with Crippen molar-refractivity contribution in [1.29, 1.82) is 0 Å². The number of carbonyl (C=O) groups excluding carboxylic acids is 2. The molecule has 0 aliphatic rings. The maximum atomic E-state index is 11.3. The van der Waals surface area contributed by atoms with Gasteiger partial charge in [0.2, 0.25) is 5.78 Å². The van der Waals surface area contributed by atoms with Gasteiger partial charge in [0.15, 0.2) is 0 Å². The molecule has 0 saturated carbocycles. The first-order valence-corrected chi connectivity index (χ1v) is 7.51. The molecule has 0 amide bonds. The van der Waals surface area contributed by atoms with Gasteiger partial charge in [-0.1, -0.05) is 17.7 Å². The van der Waals surface area contributed by atoms with E-state index >= 15 is 0 Å². The van der Waals surface area contributed by atoms with Crippen molar-refractivity contribution in [1.82, 2.24) is 0 Å². The van der Waals surface area contributed by atoms with Crippen LogP contribution in [-0.2, 0) is 14.3 Å². The number of hydrogen-bond donors (Lipinski definition) is 0. The second kappa shape index (κ2) is 8.75. The molecule has 0 atom stereocenters. The van der Waals surface area contributed by atoms with Crippen LogP contribution in [0.3, 0.4) is 0 Å². The van der Waals surface area contributed by atoms with E-state index in [1.807, 2.05) is 0 Å². The summed E-state index contributed by atoms with van der Waals surface area (Å²) in [5.74, 6) is -0.157. The Morgan fingerprint density at radius 2 is 1.84 bits per heavy atom. The number of esters is 1. The van der Waals surface area contributed by atoms with Crippen LogP contribution >= 0.6 is 11.8 Å². The van der Waals surface area contributed by atoms with Crippen molar-refractivity contribution in [3.05, 3.63) is 29.8 Å². The lowest BCUT2D eigenvalue weighted by molar-refractivity contribution is -0.153. The number of unbranched alkanes of at least 4 members (excludes halogenated alkanes) is 1. The first-order valence-electron chi connectivity index (χ1n) is 6.53. The molecular weight excluding hydrogens is 260 g/mol. The van der Waals surface area contributed by atoms with Gasteiger partial charge in [0.25, 0.3) is 0 Å². The van der Waals surface area contributed by atoms with Gasteiger partial charge in [-0.2, -0.15) is 0 Å². The van der Waals surface area contributed by atoms with E-state index in [2.05, 4.69) is 35.9 Å². The summed E-state index contributed by atoms with van der Waals surface area (Å²) in [6.45, 7) is 4.02. The van der Waals surface area contributed by atoms with Crippen molar-refractivity contribution >= 4 is 23.5 Å². The number of ketones is 1.